The average Bonchev–Trinajstić information content (AvgIpc) is 3.46. The van der Waals surface area contributed by atoms with E-state index in [0.717, 1.165) is 54.8 Å². The smallest absolute Gasteiger partial charge is 0.277 e. The van der Waals surface area contributed by atoms with Crippen molar-refractivity contribution >= 4 is 40.1 Å². The van der Waals surface area contributed by atoms with Gasteiger partial charge in [0.15, 0.2) is 0 Å². The molecule has 1 aliphatic heterocycles. The van der Waals surface area contributed by atoms with Crippen molar-refractivity contribution in [1.82, 2.24) is 19.9 Å². The van der Waals surface area contributed by atoms with Crippen LogP contribution in [0.2, 0.25) is 0 Å². The number of carbonyl (C=O) groups excluding carboxylic acids is 2. The van der Waals surface area contributed by atoms with E-state index in [4.69, 9.17) is 0 Å². The third kappa shape index (κ3) is 4.35. The van der Waals surface area contributed by atoms with Crippen LogP contribution in [0, 0.1) is 5.92 Å². The van der Waals surface area contributed by atoms with E-state index in [9.17, 15) is 9.59 Å². The number of carbonyl (C=O) groups is 2. The van der Waals surface area contributed by atoms with E-state index in [1.807, 2.05) is 29.6 Å². The van der Waals surface area contributed by atoms with Crippen LogP contribution >= 0.6 is 11.3 Å². The van der Waals surface area contributed by atoms with Crippen LogP contribution in [0.25, 0.3) is 11.0 Å². The van der Waals surface area contributed by atoms with E-state index in [-0.39, 0.29) is 11.8 Å². The molecule has 1 saturated carbocycles. The number of likely N-dealkylation sites (tertiary alicyclic amines) is 1. The standard InChI is InChI=1S/C23H27N5O2S/c29-20(27-23-25-17-8-4-5-9-18(17)26-23)19-14-31-21(24-19)15-10-12-28(13-11-15)22(30)16-6-2-1-3-7-16/h4-5,8-9,14-16H,1-3,6-7,10-13H2,(H2,25,26,27,29). The van der Waals surface area contributed by atoms with Crippen molar-refractivity contribution in [3.05, 3.63) is 40.3 Å². The molecular weight excluding hydrogens is 410 g/mol. The molecule has 7 nitrogen and oxygen atoms in total. The maximum Gasteiger partial charge on any atom is 0.277 e. The Balaban J connectivity index is 1.18. The molecule has 2 N–H and O–H groups in total. The van der Waals surface area contributed by atoms with E-state index >= 15 is 0 Å². The summed E-state index contributed by atoms with van der Waals surface area (Å²) < 4.78 is 0. The predicted octanol–water partition coefficient (Wildman–Crippen LogP) is 4.56. The lowest BCUT2D eigenvalue weighted by Gasteiger charge is -2.34. The first-order valence-electron chi connectivity index (χ1n) is 11.2. The minimum atomic E-state index is -0.258. The second-order valence-corrected chi connectivity index (χ2v) is 9.45. The summed E-state index contributed by atoms with van der Waals surface area (Å²) in [6.07, 6.45) is 7.56. The molecule has 0 atom stereocenters. The second kappa shape index (κ2) is 8.78. The van der Waals surface area contributed by atoms with Crippen molar-refractivity contribution in [1.29, 1.82) is 0 Å². The first-order chi connectivity index (χ1) is 15.2. The summed E-state index contributed by atoms with van der Waals surface area (Å²) >= 11 is 1.53. The quantitative estimate of drug-likeness (QED) is 0.626. The zero-order valence-electron chi connectivity index (χ0n) is 17.5. The molecule has 8 heteroatoms. The maximum atomic E-state index is 12.8. The molecule has 162 valence electrons. The summed E-state index contributed by atoms with van der Waals surface area (Å²) in [7, 11) is 0. The molecule has 1 aromatic carbocycles. The monoisotopic (exact) mass is 437 g/mol. The Kier molecular flexibility index (Phi) is 5.72. The van der Waals surface area contributed by atoms with Crippen LogP contribution in [0.4, 0.5) is 5.95 Å². The third-order valence-corrected chi connectivity index (χ3v) is 7.49. The van der Waals surface area contributed by atoms with Crippen molar-refractivity contribution in [2.75, 3.05) is 18.4 Å². The highest BCUT2D eigenvalue weighted by molar-refractivity contribution is 7.10. The molecule has 2 aliphatic rings. The first-order valence-corrected chi connectivity index (χ1v) is 12.1. The lowest BCUT2D eigenvalue weighted by molar-refractivity contribution is -0.137. The summed E-state index contributed by atoms with van der Waals surface area (Å²) in [6.45, 7) is 1.58. The van der Waals surface area contributed by atoms with Crippen LogP contribution in [0.5, 0.6) is 0 Å². The fourth-order valence-electron chi connectivity index (χ4n) is 4.72. The van der Waals surface area contributed by atoms with Gasteiger partial charge in [0, 0.05) is 30.3 Å². The predicted molar refractivity (Wildman–Crippen MR) is 121 cm³/mol. The number of thiazole rings is 1. The number of nitrogens with one attached hydrogen (secondary N) is 2. The number of nitrogens with zero attached hydrogens (tertiary/aromatic N) is 3. The van der Waals surface area contributed by atoms with Crippen molar-refractivity contribution in [2.24, 2.45) is 5.92 Å². The minimum Gasteiger partial charge on any atom is -0.342 e. The molecule has 0 unspecified atom stereocenters. The van der Waals surface area contributed by atoms with Gasteiger partial charge in [-0.25, -0.2) is 9.97 Å². The van der Waals surface area contributed by atoms with Crippen LogP contribution in [-0.4, -0.2) is 44.8 Å². The molecule has 3 aromatic rings. The number of hydrogen-bond acceptors (Lipinski definition) is 5. The Morgan fingerprint density at radius 3 is 2.58 bits per heavy atom. The van der Waals surface area contributed by atoms with E-state index in [2.05, 4.69) is 25.2 Å². The minimum absolute atomic E-state index is 0.235. The normalized spacial score (nSPS) is 18.4. The average molecular weight is 438 g/mol. The first kappa shape index (κ1) is 20.2. The zero-order chi connectivity index (χ0) is 21.2. The van der Waals surface area contributed by atoms with Crippen molar-refractivity contribution in [2.45, 2.75) is 50.9 Å². The number of amides is 2. The number of rotatable bonds is 4. The van der Waals surface area contributed by atoms with Gasteiger partial charge in [0.2, 0.25) is 11.9 Å². The van der Waals surface area contributed by atoms with Gasteiger partial charge in [0.1, 0.15) is 5.69 Å². The number of aromatic nitrogens is 3. The highest BCUT2D eigenvalue weighted by Gasteiger charge is 2.30. The van der Waals surface area contributed by atoms with E-state index in [1.54, 1.807) is 0 Å². The molecule has 2 fully saturated rings. The molecule has 2 amide bonds. The number of hydrogen-bond donors (Lipinski definition) is 2. The van der Waals surface area contributed by atoms with Crippen LogP contribution < -0.4 is 5.32 Å². The van der Waals surface area contributed by atoms with Crippen LogP contribution in [0.15, 0.2) is 29.6 Å². The van der Waals surface area contributed by atoms with Gasteiger partial charge in [-0.3, -0.25) is 14.9 Å². The summed E-state index contributed by atoms with van der Waals surface area (Å²) in [6, 6.07) is 7.65. The molecule has 2 aromatic heterocycles. The maximum absolute atomic E-state index is 12.8. The van der Waals surface area contributed by atoms with Gasteiger partial charge in [-0.05, 0) is 37.8 Å². The number of imidazole rings is 1. The number of aromatic amines is 1. The number of benzene rings is 1. The van der Waals surface area contributed by atoms with Crippen LogP contribution in [-0.2, 0) is 4.79 Å². The number of H-pyrrole nitrogens is 1. The molecule has 31 heavy (non-hydrogen) atoms. The second-order valence-electron chi connectivity index (χ2n) is 8.56. The number of piperidine rings is 1. The topological polar surface area (TPSA) is 91.0 Å². The molecule has 5 rings (SSSR count). The highest BCUT2D eigenvalue weighted by atomic mass is 32.1. The van der Waals surface area contributed by atoms with Crippen LogP contribution in [0.1, 0.15) is 66.4 Å². The Hall–Kier alpha value is -2.74. The molecule has 0 bridgehead atoms. The Morgan fingerprint density at radius 1 is 1.03 bits per heavy atom. The van der Waals surface area contributed by atoms with Gasteiger partial charge in [0.25, 0.3) is 5.91 Å². The zero-order valence-corrected chi connectivity index (χ0v) is 18.3. The number of anilines is 1. The molecule has 1 aliphatic carbocycles. The highest BCUT2D eigenvalue weighted by Crippen LogP contribution is 2.32. The fourth-order valence-corrected chi connectivity index (χ4v) is 5.69. The van der Waals surface area contributed by atoms with Gasteiger partial charge in [-0.2, -0.15) is 0 Å². The Bertz CT molecular complexity index is 1040. The lowest BCUT2D eigenvalue weighted by atomic mass is 9.87. The molecular formula is C23H27N5O2S. The van der Waals surface area contributed by atoms with Crippen molar-refractivity contribution in [3.63, 3.8) is 0 Å². The van der Waals surface area contributed by atoms with E-state index < -0.39 is 0 Å². The largest absolute Gasteiger partial charge is 0.342 e. The molecule has 0 radical (unpaired) electrons. The van der Waals surface area contributed by atoms with Gasteiger partial charge >= 0.3 is 0 Å². The van der Waals surface area contributed by atoms with Crippen molar-refractivity contribution < 1.29 is 9.59 Å². The summed E-state index contributed by atoms with van der Waals surface area (Å²) in [4.78, 5) is 39.6. The molecule has 3 heterocycles. The van der Waals surface area contributed by atoms with Gasteiger partial charge in [-0.15, -0.1) is 11.3 Å². The van der Waals surface area contributed by atoms with E-state index in [0.29, 0.717) is 23.5 Å². The summed E-state index contributed by atoms with van der Waals surface area (Å²) in [5, 5.41) is 5.61. The molecule has 0 spiro atoms. The summed E-state index contributed by atoms with van der Waals surface area (Å²) in [5.41, 5.74) is 2.11. The summed E-state index contributed by atoms with van der Waals surface area (Å²) in [5.74, 6) is 1.07. The number of para-hydroxylation sites is 2. The van der Waals surface area contributed by atoms with Gasteiger partial charge < -0.3 is 9.88 Å². The van der Waals surface area contributed by atoms with Gasteiger partial charge in [-0.1, -0.05) is 31.4 Å². The molecule has 1 saturated heterocycles. The van der Waals surface area contributed by atoms with E-state index in [1.165, 1.54) is 30.6 Å². The van der Waals surface area contributed by atoms with Crippen LogP contribution in [0.3, 0.4) is 0 Å². The lowest BCUT2D eigenvalue weighted by Crippen LogP contribution is -2.41. The Morgan fingerprint density at radius 2 is 1.81 bits per heavy atom. The fraction of sp³-hybridized carbons (Fsp3) is 0.478. The SMILES string of the molecule is O=C(Nc1nc2ccccc2[nH]1)c1csc(C2CCN(C(=O)C3CCCCC3)CC2)n1. The van der Waals surface area contributed by atoms with Gasteiger partial charge in [0.05, 0.1) is 16.0 Å². The number of fused-ring (bicyclic) bond motifs is 1. The third-order valence-electron chi connectivity index (χ3n) is 6.49. The Labute approximate surface area is 185 Å². The van der Waals surface area contributed by atoms with Crippen molar-refractivity contribution in [3.8, 4) is 0 Å².